The zero-order valence-electron chi connectivity index (χ0n) is 16.3. The molecule has 3 aromatic rings. The summed E-state index contributed by atoms with van der Waals surface area (Å²) in [6, 6.07) is 10.4. The van der Waals surface area contributed by atoms with Crippen molar-refractivity contribution in [2.45, 2.75) is 6.54 Å². The molecule has 3 rings (SSSR count). The third-order valence-corrected chi connectivity index (χ3v) is 3.96. The Labute approximate surface area is 168 Å². The Morgan fingerprint density at radius 3 is 2.34 bits per heavy atom. The van der Waals surface area contributed by atoms with E-state index in [1.807, 2.05) is 18.2 Å². The van der Waals surface area contributed by atoms with Gasteiger partial charge in [-0.15, -0.1) is 0 Å². The minimum atomic E-state index is -0.400. The number of rotatable bonds is 8. The number of hydrogen-bond donors (Lipinski definition) is 2. The smallest absolute Gasteiger partial charge is 0.274 e. The van der Waals surface area contributed by atoms with Gasteiger partial charge in [0, 0.05) is 30.2 Å². The van der Waals surface area contributed by atoms with Crippen LogP contribution in [0.2, 0.25) is 0 Å². The van der Waals surface area contributed by atoms with Crippen LogP contribution in [0, 0.1) is 0 Å². The summed E-state index contributed by atoms with van der Waals surface area (Å²) in [5.74, 6) is 1.23. The fourth-order valence-electron chi connectivity index (χ4n) is 2.59. The van der Waals surface area contributed by atoms with Gasteiger partial charge in [-0.2, -0.15) is 0 Å². The molecule has 150 valence electrons. The van der Waals surface area contributed by atoms with Crippen LogP contribution < -0.4 is 24.8 Å². The first-order chi connectivity index (χ1) is 14.1. The Morgan fingerprint density at radius 1 is 0.966 bits per heavy atom. The predicted molar refractivity (Wildman–Crippen MR) is 108 cm³/mol. The second kappa shape index (κ2) is 9.36. The van der Waals surface area contributed by atoms with Crippen molar-refractivity contribution < 1.29 is 19.0 Å². The minimum absolute atomic E-state index is 0.206. The van der Waals surface area contributed by atoms with Crippen LogP contribution in [0.1, 0.15) is 16.2 Å². The van der Waals surface area contributed by atoms with Gasteiger partial charge in [0.25, 0.3) is 5.91 Å². The van der Waals surface area contributed by atoms with E-state index in [9.17, 15) is 4.79 Å². The molecular formula is C20H21N5O4. The Bertz CT molecular complexity index is 957. The Balaban J connectivity index is 1.74. The summed E-state index contributed by atoms with van der Waals surface area (Å²) in [7, 11) is 4.53. The molecule has 9 heteroatoms. The number of nitrogens with zero attached hydrogens (tertiary/aromatic N) is 3. The second-order valence-electron chi connectivity index (χ2n) is 5.81. The maximum Gasteiger partial charge on any atom is 0.274 e. The Hall–Kier alpha value is -3.88. The van der Waals surface area contributed by atoms with Gasteiger partial charge in [0.1, 0.15) is 5.69 Å². The molecule has 0 fully saturated rings. The molecule has 2 N–H and O–H groups in total. The number of pyridine rings is 1. The SMILES string of the molecule is COc1cc(NC(=O)c2ccnc(NCc3ccccn3)n2)cc(OC)c1OC. The standard InChI is InChI=1S/C20H21N5O4/c1-27-16-10-14(11-17(28-2)18(16)29-3)24-19(26)15-7-9-22-20(25-15)23-12-13-6-4-5-8-21-13/h4-11H,12H2,1-3H3,(H,24,26)(H,22,23,25). The molecule has 0 bridgehead atoms. The molecule has 0 aliphatic carbocycles. The van der Waals surface area contributed by atoms with Crippen molar-refractivity contribution >= 4 is 17.5 Å². The fourth-order valence-corrected chi connectivity index (χ4v) is 2.59. The summed E-state index contributed by atoms with van der Waals surface area (Å²) in [5.41, 5.74) is 1.52. The van der Waals surface area contributed by atoms with Gasteiger partial charge in [-0.3, -0.25) is 9.78 Å². The quantitative estimate of drug-likeness (QED) is 0.600. The Kier molecular flexibility index (Phi) is 6.41. The van der Waals surface area contributed by atoms with Crippen molar-refractivity contribution in [1.29, 1.82) is 0 Å². The number of aromatic nitrogens is 3. The zero-order chi connectivity index (χ0) is 20.6. The van der Waals surface area contributed by atoms with Crippen molar-refractivity contribution in [3.63, 3.8) is 0 Å². The lowest BCUT2D eigenvalue weighted by Gasteiger charge is -2.14. The molecule has 1 amide bonds. The topological polar surface area (TPSA) is 107 Å². The lowest BCUT2D eigenvalue weighted by molar-refractivity contribution is 0.102. The van der Waals surface area contributed by atoms with Crippen molar-refractivity contribution in [2.24, 2.45) is 0 Å². The van der Waals surface area contributed by atoms with Crippen LogP contribution in [0.5, 0.6) is 17.2 Å². The number of amides is 1. The molecule has 1 aromatic carbocycles. The number of ether oxygens (including phenoxy) is 3. The Morgan fingerprint density at radius 2 is 1.72 bits per heavy atom. The molecule has 2 heterocycles. The molecular weight excluding hydrogens is 374 g/mol. The zero-order valence-corrected chi connectivity index (χ0v) is 16.3. The molecule has 0 aliphatic rings. The van der Waals surface area contributed by atoms with E-state index in [0.717, 1.165) is 5.69 Å². The number of nitrogens with one attached hydrogen (secondary N) is 2. The average Bonchev–Trinajstić information content (AvgIpc) is 2.77. The third kappa shape index (κ3) is 4.89. The van der Waals surface area contributed by atoms with Crippen LogP contribution in [0.25, 0.3) is 0 Å². The van der Waals surface area contributed by atoms with Crippen molar-refractivity contribution in [2.75, 3.05) is 32.0 Å². The summed E-state index contributed by atoms with van der Waals surface area (Å²) in [6.45, 7) is 0.443. The van der Waals surface area contributed by atoms with Gasteiger partial charge in [0.05, 0.1) is 33.6 Å². The highest BCUT2D eigenvalue weighted by Gasteiger charge is 2.16. The normalized spacial score (nSPS) is 10.2. The number of methoxy groups -OCH3 is 3. The number of carbonyl (C=O) groups is 1. The molecule has 0 radical (unpaired) electrons. The maximum absolute atomic E-state index is 12.6. The second-order valence-corrected chi connectivity index (χ2v) is 5.81. The number of benzene rings is 1. The van der Waals surface area contributed by atoms with E-state index in [1.165, 1.54) is 33.6 Å². The van der Waals surface area contributed by atoms with Crippen LogP contribution in [-0.4, -0.2) is 42.2 Å². The first kappa shape index (κ1) is 19.9. The van der Waals surface area contributed by atoms with Crippen molar-refractivity contribution in [3.8, 4) is 17.2 Å². The van der Waals surface area contributed by atoms with Crippen LogP contribution in [0.15, 0.2) is 48.8 Å². The number of carbonyl (C=O) groups excluding carboxylic acids is 1. The van der Waals surface area contributed by atoms with Gasteiger partial charge in [-0.25, -0.2) is 9.97 Å². The lowest BCUT2D eigenvalue weighted by Crippen LogP contribution is -2.15. The first-order valence-electron chi connectivity index (χ1n) is 8.72. The highest BCUT2D eigenvalue weighted by molar-refractivity contribution is 6.03. The largest absolute Gasteiger partial charge is 0.493 e. The average molecular weight is 395 g/mol. The van der Waals surface area contributed by atoms with Crippen LogP contribution in [0.4, 0.5) is 11.6 Å². The summed E-state index contributed by atoms with van der Waals surface area (Å²) in [6.07, 6.45) is 3.22. The van der Waals surface area contributed by atoms with Crippen LogP contribution in [0.3, 0.4) is 0 Å². The van der Waals surface area contributed by atoms with Gasteiger partial charge in [-0.05, 0) is 18.2 Å². The monoisotopic (exact) mass is 395 g/mol. The van der Waals surface area contributed by atoms with E-state index < -0.39 is 5.91 Å². The van der Waals surface area contributed by atoms with E-state index in [-0.39, 0.29) is 5.69 Å². The van der Waals surface area contributed by atoms with Crippen molar-refractivity contribution in [1.82, 2.24) is 15.0 Å². The molecule has 0 unspecified atom stereocenters. The van der Waals surface area contributed by atoms with Crippen LogP contribution in [-0.2, 0) is 6.54 Å². The summed E-state index contributed by atoms with van der Waals surface area (Å²) < 4.78 is 15.9. The van der Waals surface area contributed by atoms with Gasteiger partial charge in [-0.1, -0.05) is 6.07 Å². The molecule has 0 saturated heterocycles. The molecule has 2 aromatic heterocycles. The van der Waals surface area contributed by atoms with Gasteiger partial charge >= 0.3 is 0 Å². The highest BCUT2D eigenvalue weighted by Crippen LogP contribution is 2.39. The van der Waals surface area contributed by atoms with Gasteiger partial charge < -0.3 is 24.8 Å². The van der Waals surface area contributed by atoms with Gasteiger partial charge in [0.15, 0.2) is 11.5 Å². The summed E-state index contributed by atoms with van der Waals surface area (Å²) >= 11 is 0. The van der Waals surface area contributed by atoms with E-state index >= 15 is 0 Å². The van der Waals surface area contributed by atoms with Gasteiger partial charge in [0.2, 0.25) is 11.7 Å². The minimum Gasteiger partial charge on any atom is -0.493 e. The van der Waals surface area contributed by atoms with E-state index in [4.69, 9.17) is 14.2 Å². The molecule has 0 aliphatic heterocycles. The van der Waals surface area contributed by atoms with E-state index in [2.05, 4.69) is 25.6 Å². The molecule has 0 spiro atoms. The molecule has 0 atom stereocenters. The van der Waals surface area contributed by atoms with E-state index in [1.54, 1.807) is 18.3 Å². The third-order valence-electron chi connectivity index (χ3n) is 3.96. The molecule has 29 heavy (non-hydrogen) atoms. The molecule has 9 nitrogen and oxygen atoms in total. The van der Waals surface area contributed by atoms with Crippen molar-refractivity contribution in [3.05, 3.63) is 60.2 Å². The summed E-state index contributed by atoms with van der Waals surface area (Å²) in [4.78, 5) is 25.3. The number of anilines is 2. The fraction of sp³-hybridized carbons (Fsp3) is 0.200. The van der Waals surface area contributed by atoms with E-state index in [0.29, 0.717) is 35.4 Å². The highest BCUT2D eigenvalue weighted by atomic mass is 16.5. The molecule has 0 saturated carbocycles. The maximum atomic E-state index is 12.6. The summed E-state index contributed by atoms with van der Waals surface area (Å²) in [5, 5.41) is 5.83. The predicted octanol–water partition coefficient (Wildman–Crippen LogP) is 2.76. The van der Waals surface area contributed by atoms with Crippen LogP contribution >= 0.6 is 0 Å². The number of hydrogen-bond acceptors (Lipinski definition) is 8. The first-order valence-corrected chi connectivity index (χ1v) is 8.72. The lowest BCUT2D eigenvalue weighted by atomic mass is 10.2.